The van der Waals surface area contributed by atoms with Gasteiger partial charge in [-0.2, -0.15) is 0 Å². The molecule has 0 aromatic heterocycles. The summed E-state index contributed by atoms with van der Waals surface area (Å²) >= 11 is 0. The minimum absolute atomic E-state index is 0. The van der Waals surface area contributed by atoms with Crippen LogP contribution in [0.5, 0.6) is 11.5 Å². The van der Waals surface area contributed by atoms with E-state index in [0.29, 0.717) is 37.5 Å². The Morgan fingerprint density at radius 2 is 1.80 bits per heavy atom. The molecule has 1 fully saturated rings. The fraction of sp³-hybridized carbons (Fsp3) is 0.316. The van der Waals surface area contributed by atoms with Crippen molar-refractivity contribution in [3.8, 4) is 11.5 Å². The third kappa shape index (κ3) is 4.95. The van der Waals surface area contributed by atoms with E-state index in [0.717, 1.165) is 11.3 Å². The van der Waals surface area contributed by atoms with Gasteiger partial charge in [0, 0.05) is 18.9 Å². The lowest BCUT2D eigenvalue weighted by Gasteiger charge is -2.31. The van der Waals surface area contributed by atoms with Crippen LogP contribution in [-0.2, 0) is 9.53 Å². The molecule has 1 aliphatic rings. The number of nitrogens with two attached hydrogens (primary N) is 1. The van der Waals surface area contributed by atoms with Crippen LogP contribution in [0.3, 0.4) is 0 Å². The third-order valence-corrected chi connectivity index (χ3v) is 4.17. The molecule has 5 nitrogen and oxygen atoms in total. The van der Waals surface area contributed by atoms with Crippen LogP contribution in [0.1, 0.15) is 18.4 Å². The molecule has 1 heterocycles. The highest BCUT2D eigenvalue weighted by Crippen LogP contribution is 2.25. The Balaban J connectivity index is 0.00000225. The number of carbonyl (C=O) groups excluding carboxylic acids is 1. The first kappa shape index (κ1) is 19.2. The van der Waals surface area contributed by atoms with Crippen molar-refractivity contribution in [1.29, 1.82) is 0 Å². The van der Waals surface area contributed by atoms with Crippen molar-refractivity contribution in [1.82, 2.24) is 0 Å². The number of halogens is 1. The van der Waals surface area contributed by atoms with E-state index in [1.807, 2.05) is 55.5 Å². The summed E-state index contributed by atoms with van der Waals surface area (Å²) in [6.45, 7) is 3.06. The van der Waals surface area contributed by atoms with Crippen LogP contribution in [0.15, 0.2) is 48.5 Å². The minimum atomic E-state index is -0.852. The molecular formula is C19H23ClN2O3. The molecule has 6 heteroatoms. The van der Waals surface area contributed by atoms with E-state index in [-0.39, 0.29) is 18.3 Å². The number of nitrogens with one attached hydrogen (secondary N) is 1. The van der Waals surface area contributed by atoms with Gasteiger partial charge in [0.25, 0.3) is 0 Å². The standard InChI is InChI=1S/C19H22N2O3.ClH/c1-14-3-2-4-17(13-14)24-16-7-5-15(6-8-16)21-18(22)19(20)9-11-23-12-10-19;/h2-8,13H,9-12,20H2,1H3,(H,21,22);1H. The summed E-state index contributed by atoms with van der Waals surface area (Å²) in [5, 5.41) is 2.88. The second-order valence-electron chi connectivity index (χ2n) is 6.17. The van der Waals surface area contributed by atoms with Gasteiger partial charge in [-0.3, -0.25) is 4.79 Å². The highest BCUT2D eigenvalue weighted by molar-refractivity contribution is 5.98. The van der Waals surface area contributed by atoms with Crippen molar-refractivity contribution in [2.24, 2.45) is 5.73 Å². The van der Waals surface area contributed by atoms with Gasteiger partial charge < -0.3 is 20.5 Å². The van der Waals surface area contributed by atoms with Crippen LogP contribution in [0.2, 0.25) is 0 Å². The number of ether oxygens (including phenoxy) is 2. The number of rotatable bonds is 4. The van der Waals surface area contributed by atoms with Gasteiger partial charge in [-0.25, -0.2) is 0 Å². The summed E-state index contributed by atoms with van der Waals surface area (Å²) in [6, 6.07) is 15.1. The highest BCUT2D eigenvalue weighted by atomic mass is 35.5. The first-order valence-electron chi connectivity index (χ1n) is 8.08. The number of hydrogen-bond donors (Lipinski definition) is 2. The Labute approximate surface area is 153 Å². The molecule has 0 spiro atoms. The molecule has 1 amide bonds. The molecule has 0 bridgehead atoms. The Bertz CT molecular complexity index is 713. The lowest BCUT2D eigenvalue weighted by molar-refractivity contribution is -0.124. The molecule has 0 unspecified atom stereocenters. The Morgan fingerprint density at radius 1 is 1.12 bits per heavy atom. The molecule has 3 N–H and O–H groups in total. The Kier molecular flexibility index (Phi) is 6.42. The van der Waals surface area contributed by atoms with E-state index in [2.05, 4.69) is 5.32 Å². The van der Waals surface area contributed by atoms with Crippen LogP contribution in [-0.4, -0.2) is 24.7 Å². The monoisotopic (exact) mass is 362 g/mol. The van der Waals surface area contributed by atoms with Crippen LogP contribution >= 0.6 is 12.4 Å². The maximum Gasteiger partial charge on any atom is 0.244 e. The number of anilines is 1. The van der Waals surface area contributed by atoms with E-state index < -0.39 is 5.54 Å². The van der Waals surface area contributed by atoms with Crippen LogP contribution in [0, 0.1) is 6.92 Å². The quantitative estimate of drug-likeness (QED) is 0.870. The molecule has 3 rings (SSSR count). The molecule has 134 valence electrons. The molecule has 25 heavy (non-hydrogen) atoms. The summed E-state index contributed by atoms with van der Waals surface area (Å²) in [6.07, 6.45) is 1.07. The van der Waals surface area contributed by atoms with Gasteiger partial charge >= 0.3 is 0 Å². The number of hydrogen-bond acceptors (Lipinski definition) is 4. The maximum absolute atomic E-state index is 12.4. The van der Waals surface area contributed by atoms with Crippen molar-refractivity contribution >= 4 is 24.0 Å². The van der Waals surface area contributed by atoms with Gasteiger partial charge in [0.2, 0.25) is 5.91 Å². The van der Waals surface area contributed by atoms with Crippen molar-refractivity contribution in [3.63, 3.8) is 0 Å². The molecular weight excluding hydrogens is 340 g/mol. The zero-order valence-electron chi connectivity index (χ0n) is 14.2. The fourth-order valence-electron chi connectivity index (χ4n) is 2.64. The molecule has 0 saturated carbocycles. The normalized spacial score (nSPS) is 15.8. The number of aryl methyl sites for hydroxylation is 1. The van der Waals surface area contributed by atoms with E-state index >= 15 is 0 Å². The summed E-state index contributed by atoms with van der Waals surface area (Å²) < 4.78 is 11.1. The summed E-state index contributed by atoms with van der Waals surface area (Å²) in [7, 11) is 0. The molecule has 0 radical (unpaired) electrons. The first-order chi connectivity index (χ1) is 11.5. The van der Waals surface area contributed by atoms with E-state index in [9.17, 15) is 4.79 Å². The smallest absolute Gasteiger partial charge is 0.244 e. The minimum Gasteiger partial charge on any atom is -0.457 e. The predicted molar refractivity (Wildman–Crippen MR) is 101 cm³/mol. The molecule has 0 atom stereocenters. The number of amides is 1. The second-order valence-corrected chi connectivity index (χ2v) is 6.17. The van der Waals surface area contributed by atoms with Gasteiger partial charge in [-0.15, -0.1) is 12.4 Å². The largest absolute Gasteiger partial charge is 0.457 e. The lowest BCUT2D eigenvalue weighted by atomic mass is 9.90. The lowest BCUT2D eigenvalue weighted by Crippen LogP contribution is -2.54. The van der Waals surface area contributed by atoms with Gasteiger partial charge in [-0.1, -0.05) is 12.1 Å². The van der Waals surface area contributed by atoms with E-state index in [1.165, 1.54) is 0 Å². The highest BCUT2D eigenvalue weighted by Gasteiger charge is 2.35. The van der Waals surface area contributed by atoms with Crippen LogP contribution in [0.4, 0.5) is 5.69 Å². The SMILES string of the molecule is Cc1cccc(Oc2ccc(NC(=O)C3(N)CCOCC3)cc2)c1.Cl. The Morgan fingerprint density at radius 3 is 2.44 bits per heavy atom. The van der Waals surface area contributed by atoms with Crippen LogP contribution < -0.4 is 15.8 Å². The van der Waals surface area contributed by atoms with E-state index in [1.54, 1.807) is 0 Å². The van der Waals surface area contributed by atoms with Gasteiger partial charge in [0.1, 0.15) is 17.0 Å². The average molecular weight is 363 g/mol. The van der Waals surface area contributed by atoms with Crippen molar-refractivity contribution in [2.75, 3.05) is 18.5 Å². The predicted octanol–water partition coefficient (Wildman–Crippen LogP) is 3.66. The number of carbonyl (C=O) groups is 1. The zero-order chi connectivity index (χ0) is 17.0. The summed E-state index contributed by atoms with van der Waals surface area (Å²) in [4.78, 5) is 12.4. The first-order valence-corrected chi connectivity index (χ1v) is 8.08. The Hall–Kier alpha value is -2.08. The second kappa shape index (κ2) is 8.34. The zero-order valence-corrected chi connectivity index (χ0v) is 15.0. The molecule has 1 saturated heterocycles. The van der Waals surface area contributed by atoms with Crippen LogP contribution in [0.25, 0.3) is 0 Å². The number of benzene rings is 2. The molecule has 2 aromatic rings. The van der Waals surface area contributed by atoms with E-state index in [4.69, 9.17) is 15.2 Å². The maximum atomic E-state index is 12.4. The molecule has 0 aliphatic carbocycles. The summed E-state index contributed by atoms with van der Waals surface area (Å²) in [5.74, 6) is 1.33. The van der Waals surface area contributed by atoms with Crippen molar-refractivity contribution in [3.05, 3.63) is 54.1 Å². The fourth-order valence-corrected chi connectivity index (χ4v) is 2.64. The third-order valence-electron chi connectivity index (χ3n) is 4.17. The summed E-state index contributed by atoms with van der Waals surface area (Å²) in [5.41, 5.74) is 7.17. The van der Waals surface area contributed by atoms with Gasteiger partial charge in [0.15, 0.2) is 0 Å². The average Bonchev–Trinajstić information content (AvgIpc) is 2.57. The molecule has 1 aliphatic heterocycles. The molecule has 2 aromatic carbocycles. The van der Waals surface area contributed by atoms with Crippen molar-refractivity contribution < 1.29 is 14.3 Å². The van der Waals surface area contributed by atoms with Gasteiger partial charge in [0.05, 0.1) is 0 Å². The topological polar surface area (TPSA) is 73.6 Å². The van der Waals surface area contributed by atoms with Gasteiger partial charge in [-0.05, 0) is 61.7 Å². The van der Waals surface area contributed by atoms with Crippen molar-refractivity contribution in [2.45, 2.75) is 25.3 Å².